The van der Waals surface area contributed by atoms with Crippen LogP contribution < -0.4 is 0 Å². The Morgan fingerprint density at radius 3 is 2.53 bits per heavy atom. The predicted octanol–water partition coefficient (Wildman–Crippen LogP) is 2.50. The van der Waals surface area contributed by atoms with Crippen LogP contribution in [0.25, 0.3) is 6.08 Å². The molecule has 0 atom stereocenters. The Hall–Kier alpha value is -2.03. The molecule has 3 nitrogen and oxygen atoms in total. The molecule has 3 heteroatoms. The third-order valence-corrected chi connectivity index (χ3v) is 1.87. The van der Waals surface area contributed by atoms with E-state index in [0.717, 1.165) is 6.07 Å². The summed E-state index contributed by atoms with van der Waals surface area (Å²) in [6.45, 7) is 1.87. The number of rotatable bonds is 3. The first-order valence-corrected chi connectivity index (χ1v) is 4.49. The van der Waals surface area contributed by atoms with Crippen molar-refractivity contribution in [1.29, 1.82) is 0 Å². The molecular weight excluding hydrogens is 192 g/mol. The van der Waals surface area contributed by atoms with Gasteiger partial charge in [-0.3, -0.25) is 4.79 Å². The molecule has 0 amide bonds. The highest BCUT2D eigenvalue weighted by Gasteiger charge is 2.06. The van der Waals surface area contributed by atoms with Crippen LogP contribution in [0.3, 0.4) is 0 Å². The fourth-order valence-electron chi connectivity index (χ4n) is 1.18. The number of phenolic OH excluding ortho intramolecular Hbond substituents is 2. The predicted molar refractivity (Wildman–Crippen MR) is 59.0 cm³/mol. The molecule has 78 valence electrons. The Balaban J connectivity index is 3.20. The molecule has 0 aliphatic heterocycles. The second-order valence-electron chi connectivity index (χ2n) is 2.97. The molecule has 0 aliphatic carbocycles. The van der Waals surface area contributed by atoms with Gasteiger partial charge in [0, 0.05) is 6.07 Å². The summed E-state index contributed by atoms with van der Waals surface area (Å²) in [5, 5.41) is 18.6. The van der Waals surface area contributed by atoms with E-state index >= 15 is 0 Å². The number of hydrogen-bond donors (Lipinski definition) is 2. The number of phenols is 2. The summed E-state index contributed by atoms with van der Waals surface area (Å²) >= 11 is 0. The number of hydrogen-bond acceptors (Lipinski definition) is 3. The normalized spacial score (nSPS) is 11.3. The topological polar surface area (TPSA) is 57.5 Å². The van der Waals surface area contributed by atoms with E-state index < -0.39 is 0 Å². The SMILES string of the molecule is CC=CC=Cc1cc(O)cc(O)c1C=O. The molecule has 1 aromatic rings. The summed E-state index contributed by atoms with van der Waals surface area (Å²) < 4.78 is 0. The molecule has 1 rings (SSSR count). The number of allylic oxidation sites excluding steroid dienone is 3. The number of aromatic hydroxyl groups is 2. The van der Waals surface area contributed by atoms with Crippen LogP contribution in [0.15, 0.2) is 30.4 Å². The van der Waals surface area contributed by atoms with Crippen molar-refractivity contribution in [3.63, 3.8) is 0 Å². The average molecular weight is 204 g/mol. The van der Waals surface area contributed by atoms with Gasteiger partial charge in [-0.15, -0.1) is 0 Å². The van der Waals surface area contributed by atoms with Crippen LogP contribution in [0, 0.1) is 0 Å². The molecule has 0 spiro atoms. The Labute approximate surface area is 88.0 Å². The molecule has 0 aromatic heterocycles. The number of carbonyl (C=O) groups is 1. The first kappa shape index (κ1) is 11.0. The summed E-state index contributed by atoms with van der Waals surface area (Å²) in [7, 11) is 0. The zero-order valence-corrected chi connectivity index (χ0v) is 8.34. The Bertz CT molecular complexity index is 417. The highest BCUT2D eigenvalue weighted by Crippen LogP contribution is 2.26. The summed E-state index contributed by atoms with van der Waals surface area (Å²) in [4.78, 5) is 10.7. The molecule has 0 fully saturated rings. The van der Waals surface area contributed by atoms with E-state index in [1.807, 2.05) is 13.0 Å². The molecule has 0 bridgehead atoms. The van der Waals surface area contributed by atoms with Gasteiger partial charge in [-0.25, -0.2) is 0 Å². The van der Waals surface area contributed by atoms with Crippen LogP contribution in [0.4, 0.5) is 0 Å². The third-order valence-electron chi connectivity index (χ3n) is 1.87. The van der Waals surface area contributed by atoms with Crippen molar-refractivity contribution < 1.29 is 15.0 Å². The van der Waals surface area contributed by atoms with Crippen LogP contribution in [-0.2, 0) is 0 Å². The molecule has 0 unspecified atom stereocenters. The maximum Gasteiger partial charge on any atom is 0.154 e. The maximum atomic E-state index is 10.7. The van der Waals surface area contributed by atoms with E-state index in [2.05, 4.69) is 0 Å². The van der Waals surface area contributed by atoms with Crippen molar-refractivity contribution in [1.82, 2.24) is 0 Å². The van der Waals surface area contributed by atoms with Crippen molar-refractivity contribution in [3.8, 4) is 11.5 Å². The van der Waals surface area contributed by atoms with E-state index in [4.69, 9.17) is 0 Å². The van der Waals surface area contributed by atoms with Gasteiger partial charge in [0.05, 0.1) is 5.56 Å². The first-order chi connectivity index (χ1) is 7.19. The third kappa shape index (κ3) is 2.71. The van der Waals surface area contributed by atoms with Gasteiger partial charge < -0.3 is 10.2 Å². The monoisotopic (exact) mass is 204 g/mol. The average Bonchev–Trinajstić information content (AvgIpc) is 2.17. The first-order valence-electron chi connectivity index (χ1n) is 4.49. The zero-order valence-electron chi connectivity index (χ0n) is 8.34. The standard InChI is InChI=1S/C12H12O3/c1-2-3-4-5-9-6-10(14)7-12(15)11(9)8-13/h2-8,14-15H,1H3. The summed E-state index contributed by atoms with van der Waals surface area (Å²) in [5.41, 5.74) is 0.661. The van der Waals surface area contributed by atoms with Crippen molar-refractivity contribution in [2.24, 2.45) is 0 Å². The van der Waals surface area contributed by atoms with Gasteiger partial charge in [-0.05, 0) is 18.6 Å². The highest BCUT2D eigenvalue weighted by atomic mass is 16.3. The van der Waals surface area contributed by atoms with Crippen molar-refractivity contribution in [3.05, 3.63) is 41.5 Å². The largest absolute Gasteiger partial charge is 0.508 e. The number of benzene rings is 1. The zero-order chi connectivity index (χ0) is 11.3. The minimum atomic E-state index is -0.217. The van der Waals surface area contributed by atoms with Gasteiger partial charge >= 0.3 is 0 Å². The van der Waals surface area contributed by atoms with Gasteiger partial charge in [-0.1, -0.05) is 24.3 Å². The van der Waals surface area contributed by atoms with Gasteiger partial charge in [0.2, 0.25) is 0 Å². The summed E-state index contributed by atoms with van der Waals surface area (Å²) in [6.07, 6.45) is 7.55. The summed E-state index contributed by atoms with van der Waals surface area (Å²) in [5.74, 6) is -0.289. The number of carbonyl (C=O) groups excluding carboxylic acids is 1. The van der Waals surface area contributed by atoms with Crippen molar-refractivity contribution in [2.75, 3.05) is 0 Å². The maximum absolute atomic E-state index is 10.7. The van der Waals surface area contributed by atoms with Crippen molar-refractivity contribution in [2.45, 2.75) is 6.92 Å². The lowest BCUT2D eigenvalue weighted by atomic mass is 10.1. The van der Waals surface area contributed by atoms with E-state index in [9.17, 15) is 15.0 Å². The van der Waals surface area contributed by atoms with Gasteiger partial charge in [0.15, 0.2) is 6.29 Å². The van der Waals surface area contributed by atoms with E-state index in [1.54, 1.807) is 18.2 Å². The Morgan fingerprint density at radius 1 is 1.20 bits per heavy atom. The van der Waals surface area contributed by atoms with Gasteiger partial charge in [0.1, 0.15) is 11.5 Å². The second-order valence-corrected chi connectivity index (χ2v) is 2.97. The lowest BCUT2D eigenvalue weighted by Gasteiger charge is -2.02. The van der Waals surface area contributed by atoms with E-state index in [-0.39, 0.29) is 17.1 Å². The van der Waals surface area contributed by atoms with Crippen LogP contribution in [0.5, 0.6) is 11.5 Å². The molecule has 0 saturated carbocycles. The van der Waals surface area contributed by atoms with Gasteiger partial charge in [0.25, 0.3) is 0 Å². The summed E-state index contributed by atoms with van der Waals surface area (Å²) in [6, 6.07) is 2.56. The number of aldehydes is 1. The minimum absolute atomic E-state index is 0.0711. The minimum Gasteiger partial charge on any atom is -0.508 e. The molecule has 15 heavy (non-hydrogen) atoms. The second kappa shape index (κ2) is 5.00. The van der Waals surface area contributed by atoms with Crippen LogP contribution >= 0.6 is 0 Å². The van der Waals surface area contributed by atoms with Crippen molar-refractivity contribution >= 4 is 12.4 Å². The highest BCUT2D eigenvalue weighted by molar-refractivity contribution is 5.86. The fraction of sp³-hybridized carbons (Fsp3) is 0.0833. The molecule has 0 radical (unpaired) electrons. The fourth-order valence-corrected chi connectivity index (χ4v) is 1.18. The van der Waals surface area contributed by atoms with E-state index in [1.165, 1.54) is 6.07 Å². The molecule has 0 heterocycles. The lowest BCUT2D eigenvalue weighted by Crippen LogP contribution is -1.87. The Kier molecular flexibility index (Phi) is 3.68. The van der Waals surface area contributed by atoms with Crippen LogP contribution in [0.2, 0.25) is 0 Å². The van der Waals surface area contributed by atoms with E-state index in [0.29, 0.717) is 11.8 Å². The molecular formula is C12H12O3. The lowest BCUT2D eigenvalue weighted by molar-refractivity contribution is 0.112. The van der Waals surface area contributed by atoms with Crippen LogP contribution in [0.1, 0.15) is 22.8 Å². The Morgan fingerprint density at radius 2 is 1.93 bits per heavy atom. The molecule has 0 aliphatic rings. The molecule has 0 saturated heterocycles. The van der Waals surface area contributed by atoms with Crippen LogP contribution in [-0.4, -0.2) is 16.5 Å². The quantitative estimate of drug-likeness (QED) is 0.587. The molecule has 1 aromatic carbocycles. The smallest absolute Gasteiger partial charge is 0.154 e. The van der Waals surface area contributed by atoms with Gasteiger partial charge in [-0.2, -0.15) is 0 Å². The molecule has 2 N–H and O–H groups in total.